The molecule has 1 aromatic heterocycles. The van der Waals surface area contributed by atoms with Crippen LogP contribution in [0, 0.1) is 0 Å². The Bertz CT molecular complexity index is 1080. The molecule has 138 valence electrons. The first-order valence-electron chi connectivity index (χ1n) is 8.74. The van der Waals surface area contributed by atoms with Gasteiger partial charge in [0.05, 0.1) is 5.69 Å². The molecule has 7 heteroatoms. The number of hydrogen-bond acceptors (Lipinski definition) is 4. The van der Waals surface area contributed by atoms with Gasteiger partial charge in [0.1, 0.15) is 11.7 Å². The number of aromatic nitrogens is 2. The lowest BCUT2D eigenvalue weighted by Crippen LogP contribution is -2.17. The predicted molar refractivity (Wildman–Crippen MR) is 105 cm³/mol. The quantitative estimate of drug-likeness (QED) is 0.753. The zero-order valence-electron chi connectivity index (χ0n) is 15.1. The molecule has 2 aromatic carbocycles. The Balaban J connectivity index is 1.60. The molecule has 2 amide bonds. The molecule has 0 bridgehead atoms. The Hall–Kier alpha value is -3.87. The Kier molecular flexibility index (Phi) is 4.63. The van der Waals surface area contributed by atoms with Crippen molar-refractivity contribution in [3.05, 3.63) is 84.1 Å². The average molecular weight is 371 g/mol. The smallest absolute Gasteiger partial charge is 0.287 e. The van der Waals surface area contributed by atoms with Gasteiger partial charge in [-0.2, -0.15) is 10.2 Å². The van der Waals surface area contributed by atoms with Crippen LogP contribution in [0.5, 0.6) is 0 Å². The molecule has 7 nitrogen and oxygen atoms in total. The summed E-state index contributed by atoms with van der Waals surface area (Å²) < 4.78 is 1.55. The zero-order valence-corrected chi connectivity index (χ0v) is 15.1. The number of para-hydroxylation sites is 1. The largest absolute Gasteiger partial charge is 0.320 e. The summed E-state index contributed by atoms with van der Waals surface area (Å²) >= 11 is 0. The number of nitrogens with one attached hydrogen (secondary N) is 1. The van der Waals surface area contributed by atoms with Crippen LogP contribution in [0.1, 0.15) is 22.1 Å². The number of rotatable bonds is 4. The summed E-state index contributed by atoms with van der Waals surface area (Å²) in [6, 6.07) is 18.3. The molecule has 1 aliphatic heterocycles. The molecule has 0 spiro atoms. The fraction of sp³-hybridized carbons (Fsp3) is 0.0952. The number of azo groups is 1. The molecule has 3 aromatic rings. The Morgan fingerprint density at radius 3 is 2.57 bits per heavy atom. The number of anilines is 1. The summed E-state index contributed by atoms with van der Waals surface area (Å²) in [6.45, 7) is 0. The minimum absolute atomic E-state index is 0.280. The maximum atomic E-state index is 12.9. The van der Waals surface area contributed by atoms with E-state index in [0.29, 0.717) is 11.4 Å². The molecular formula is C21H17N5O2. The zero-order chi connectivity index (χ0) is 19.5. The van der Waals surface area contributed by atoms with Crippen LogP contribution in [0.3, 0.4) is 0 Å². The van der Waals surface area contributed by atoms with Gasteiger partial charge in [-0.3, -0.25) is 14.3 Å². The second-order valence-electron chi connectivity index (χ2n) is 6.30. The highest BCUT2D eigenvalue weighted by Gasteiger charge is 2.19. The molecule has 0 saturated heterocycles. The van der Waals surface area contributed by atoms with Crippen molar-refractivity contribution in [2.75, 3.05) is 5.32 Å². The normalized spacial score (nSPS) is 15.6. The van der Waals surface area contributed by atoms with Crippen molar-refractivity contribution in [2.24, 2.45) is 17.3 Å². The van der Waals surface area contributed by atoms with E-state index >= 15 is 0 Å². The van der Waals surface area contributed by atoms with E-state index in [1.807, 2.05) is 48.5 Å². The van der Waals surface area contributed by atoms with Crippen LogP contribution in [-0.4, -0.2) is 21.6 Å². The summed E-state index contributed by atoms with van der Waals surface area (Å²) in [5.41, 5.74) is 3.47. The second-order valence-corrected chi connectivity index (χ2v) is 6.30. The number of nitrogens with zero attached hydrogens (tertiary/aromatic N) is 4. The summed E-state index contributed by atoms with van der Waals surface area (Å²) in [5, 5.41) is 15.0. The number of benzene rings is 2. The van der Waals surface area contributed by atoms with E-state index in [1.165, 1.54) is 6.08 Å². The lowest BCUT2D eigenvalue weighted by Gasteiger charge is -2.15. The van der Waals surface area contributed by atoms with Crippen molar-refractivity contribution < 1.29 is 9.59 Å². The number of carbonyl (C=O) groups is 2. The van der Waals surface area contributed by atoms with Gasteiger partial charge >= 0.3 is 0 Å². The third-order valence-corrected chi connectivity index (χ3v) is 4.41. The van der Waals surface area contributed by atoms with E-state index in [0.717, 1.165) is 16.8 Å². The van der Waals surface area contributed by atoms with Gasteiger partial charge in [-0.15, -0.1) is 5.11 Å². The molecule has 1 aliphatic rings. The van der Waals surface area contributed by atoms with E-state index in [2.05, 4.69) is 20.6 Å². The van der Waals surface area contributed by atoms with Crippen molar-refractivity contribution in [2.45, 2.75) is 6.04 Å². The first kappa shape index (κ1) is 17.5. The molecule has 0 fully saturated rings. The standard InChI is InChI=1S/C21H17N5O2/c1-26-19(13-18(25-26)14-7-3-2-4-8-14)21(28)22-16-10-6-5-9-15(16)17-11-12-20(27)24-23-17/h2-13,17H,1H3,(H,22,28). The van der Waals surface area contributed by atoms with Crippen molar-refractivity contribution in [3.63, 3.8) is 0 Å². The van der Waals surface area contributed by atoms with Gasteiger partial charge in [0.25, 0.3) is 11.8 Å². The highest BCUT2D eigenvalue weighted by molar-refractivity contribution is 6.04. The third kappa shape index (κ3) is 3.50. The minimum atomic E-state index is -0.416. The van der Waals surface area contributed by atoms with Gasteiger partial charge in [-0.1, -0.05) is 48.5 Å². The highest BCUT2D eigenvalue weighted by atomic mass is 16.2. The number of aryl methyl sites for hydroxylation is 1. The van der Waals surface area contributed by atoms with E-state index in [1.54, 1.807) is 29.9 Å². The van der Waals surface area contributed by atoms with Crippen LogP contribution >= 0.6 is 0 Å². The Morgan fingerprint density at radius 1 is 1.07 bits per heavy atom. The molecule has 0 saturated carbocycles. The van der Waals surface area contributed by atoms with Crippen LogP contribution in [0.2, 0.25) is 0 Å². The van der Waals surface area contributed by atoms with E-state index in [9.17, 15) is 9.59 Å². The number of hydrogen-bond donors (Lipinski definition) is 1. The predicted octanol–water partition coefficient (Wildman–Crippen LogP) is 3.93. The third-order valence-electron chi connectivity index (χ3n) is 4.41. The van der Waals surface area contributed by atoms with Crippen LogP contribution in [0.15, 0.2) is 83.0 Å². The summed E-state index contributed by atoms with van der Waals surface area (Å²) in [6.07, 6.45) is 3.04. The van der Waals surface area contributed by atoms with Gasteiger partial charge in [0.15, 0.2) is 0 Å². The molecule has 4 rings (SSSR count). The molecule has 0 radical (unpaired) electrons. The summed E-state index contributed by atoms with van der Waals surface area (Å²) in [7, 11) is 1.73. The number of amides is 2. The highest BCUT2D eigenvalue weighted by Crippen LogP contribution is 2.29. The first-order chi connectivity index (χ1) is 13.6. The lowest BCUT2D eigenvalue weighted by atomic mass is 10.0. The van der Waals surface area contributed by atoms with Crippen molar-refractivity contribution >= 4 is 17.5 Å². The van der Waals surface area contributed by atoms with Gasteiger partial charge in [-0.05, 0) is 18.2 Å². The molecule has 1 N–H and O–H groups in total. The Morgan fingerprint density at radius 2 is 1.82 bits per heavy atom. The first-order valence-corrected chi connectivity index (χ1v) is 8.74. The monoisotopic (exact) mass is 371 g/mol. The maximum Gasteiger partial charge on any atom is 0.287 e. The maximum absolute atomic E-state index is 12.9. The molecule has 28 heavy (non-hydrogen) atoms. The van der Waals surface area contributed by atoms with E-state index in [4.69, 9.17) is 0 Å². The summed E-state index contributed by atoms with van der Waals surface area (Å²) in [4.78, 5) is 24.1. The topological polar surface area (TPSA) is 88.7 Å². The molecule has 0 aliphatic carbocycles. The van der Waals surface area contributed by atoms with Crippen LogP contribution in [-0.2, 0) is 11.8 Å². The average Bonchev–Trinajstić information content (AvgIpc) is 3.12. The molecule has 1 unspecified atom stereocenters. The van der Waals surface area contributed by atoms with Gasteiger partial charge < -0.3 is 5.32 Å². The lowest BCUT2D eigenvalue weighted by molar-refractivity contribution is -0.114. The van der Waals surface area contributed by atoms with Gasteiger partial charge in [0, 0.05) is 29.9 Å². The van der Waals surface area contributed by atoms with Crippen molar-refractivity contribution in [1.82, 2.24) is 9.78 Å². The molecule has 1 atom stereocenters. The summed E-state index contributed by atoms with van der Waals surface area (Å²) in [5.74, 6) is -0.668. The van der Waals surface area contributed by atoms with E-state index in [-0.39, 0.29) is 11.8 Å². The fourth-order valence-electron chi connectivity index (χ4n) is 3.02. The Labute approximate surface area is 161 Å². The number of carbonyl (C=O) groups excluding carboxylic acids is 2. The molecular weight excluding hydrogens is 354 g/mol. The minimum Gasteiger partial charge on any atom is -0.320 e. The second kappa shape index (κ2) is 7.40. The van der Waals surface area contributed by atoms with Gasteiger partial charge in [0.2, 0.25) is 0 Å². The van der Waals surface area contributed by atoms with Crippen LogP contribution < -0.4 is 5.32 Å². The molecule has 2 heterocycles. The fourth-order valence-corrected chi connectivity index (χ4v) is 3.02. The van der Waals surface area contributed by atoms with Gasteiger partial charge in [-0.25, -0.2) is 0 Å². The van der Waals surface area contributed by atoms with E-state index < -0.39 is 6.04 Å². The SMILES string of the molecule is Cn1nc(-c2ccccc2)cc1C(=O)Nc1ccccc1C1C=CC(=O)N=N1. The van der Waals surface area contributed by atoms with Crippen LogP contribution in [0.25, 0.3) is 11.3 Å². The van der Waals surface area contributed by atoms with Crippen LogP contribution in [0.4, 0.5) is 5.69 Å². The van der Waals surface area contributed by atoms with Crippen molar-refractivity contribution in [3.8, 4) is 11.3 Å². The van der Waals surface area contributed by atoms with Crippen molar-refractivity contribution in [1.29, 1.82) is 0 Å².